The van der Waals surface area contributed by atoms with Gasteiger partial charge < -0.3 is 10.6 Å². The van der Waals surface area contributed by atoms with Gasteiger partial charge in [-0.25, -0.2) is 0 Å². The van der Waals surface area contributed by atoms with Gasteiger partial charge in [0.05, 0.1) is 11.6 Å². The van der Waals surface area contributed by atoms with Crippen molar-refractivity contribution in [2.45, 2.75) is 0 Å². The molecule has 0 radical (unpaired) electrons. The maximum absolute atomic E-state index is 8.88. The molecule has 1 fully saturated rings. The zero-order valence-corrected chi connectivity index (χ0v) is 9.97. The number of rotatable bonds is 3. The predicted octanol–water partition coefficient (Wildman–Crippen LogP) is 0.639. The van der Waals surface area contributed by atoms with Crippen LogP contribution in [-0.2, 0) is 0 Å². The maximum Gasteiger partial charge on any atom is 0.0992 e. The van der Waals surface area contributed by atoms with Crippen molar-refractivity contribution in [2.75, 3.05) is 44.2 Å². The molecule has 1 saturated heterocycles. The standard InChI is InChI=1S/C13H18N4/c14-4-5-16-6-8-17(9-7-16)13-3-1-2-12(10-13)11-15/h1-3,10H,4-9,14H2. The Bertz CT molecular complexity index is 402. The third-order valence-electron chi connectivity index (χ3n) is 3.16. The summed E-state index contributed by atoms with van der Waals surface area (Å²) < 4.78 is 0. The number of piperazine rings is 1. The van der Waals surface area contributed by atoms with Gasteiger partial charge in [0.25, 0.3) is 0 Å². The molecule has 0 amide bonds. The van der Waals surface area contributed by atoms with Crippen LogP contribution in [0.15, 0.2) is 24.3 Å². The second-order valence-corrected chi connectivity index (χ2v) is 4.28. The van der Waals surface area contributed by atoms with E-state index in [1.807, 2.05) is 18.2 Å². The van der Waals surface area contributed by atoms with E-state index in [9.17, 15) is 0 Å². The van der Waals surface area contributed by atoms with Crippen molar-refractivity contribution < 1.29 is 0 Å². The average molecular weight is 230 g/mol. The fourth-order valence-corrected chi connectivity index (χ4v) is 2.18. The van der Waals surface area contributed by atoms with E-state index in [1.54, 1.807) is 0 Å². The molecule has 90 valence electrons. The summed E-state index contributed by atoms with van der Waals surface area (Å²) in [4.78, 5) is 4.71. The molecule has 17 heavy (non-hydrogen) atoms. The molecule has 0 unspecified atom stereocenters. The van der Waals surface area contributed by atoms with Gasteiger partial charge in [-0.05, 0) is 18.2 Å². The van der Waals surface area contributed by atoms with Crippen LogP contribution in [0.3, 0.4) is 0 Å². The lowest BCUT2D eigenvalue weighted by Gasteiger charge is -2.35. The fraction of sp³-hybridized carbons (Fsp3) is 0.462. The molecule has 1 aliphatic heterocycles. The normalized spacial score (nSPS) is 16.8. The Balaban J connectivity index is 1.98. The maximum atomic E-state index is 8.88. The van der Waals surface area contributed by atoms with Crippen molar-refractivity contribution >= 4 is 5.69 Å². The topological polar surface area (TPSA) is 56.3 Å². The van der Waals surface area contributed by atoms with Crippen molar-refractivity contribution in [3.05, 3.63) is 29.8 Å². The highest BCUT2D eigenvalue weighted by molar-refractivity contribution is 5.51. The minimum Gasteiger partial charge on any atom is -0.369 e. The summed E-state index contributed by atoms with van der Waals surface area (Å²) in [6.07, 6.45) is 0. The summed E-state index contributed by atoms with van der Waals surface area (Å²) in [6, 6.07) is 9.99. The van der Waals surface area contributed by atoms with E-state index >= 15 is 0 Å². The number of nitrogens with zero attached hydrogens (tertiary/aromatic N) is 3. The van der Waals surface area contributed by atoms with Crippen molar-refractivity contribution in [3.8, 4) is 6.07 Å². The summed E-state index contributed by atoms with van der Waals surface area (Å²) in [7, 11) is 0. The van der Waals surface area contributed by atoms with Gasteiger partial charge >= 0.3 is 0 Å². The summed E-state index contributed by atoms with van der Waals surface area (Å²) in [5.41, 5.74) is 7.43. The third-order valence-corrected chi connectivity index (χ3v) is 3.16. The van der Waals surface area contributed by atoms with Crippen molar-refractivity contribution in [1.82, 2.24) is 4.90 Å². The van der Waals surface area contributed by atoms with Crippen LogP contribution in [-0.4, -0.2) is 44.2 Å². The van der Waals surface area contributed by atoms with Gasteiger partial charge in [0, 0.05) is 45.0 Å². The van der Waals surface area contributed by atoms with Crippen LogP contribution >= 0.6 is 0 Å². The number of anilines is 1. The molecule has 1 aromatic rings. The van der Waals surface area contributed by atoms with Gasteiger partial charge in [0.15, 0.2) is 0 Å². The summed E-state index contributed by atoms with van der Waals surface area (Å²) in [6.45, 7) is 5.82. The average Bonchev–Trinajstić information content (AvgIpc) is 2.40. The lowest BCUT2D eigenvalue weighted by molar-refractivity contribution is 0.265. The van der Waals surface area contributed by atoms with Gasteiger partial charge in [-0.15, -0.1) is 0 Å². The van der Waals surface area contributed by atoms with Crippen LogP contribution in [0.25, 0.3) is 0 Å². The molecule has 4 heteroatoms. The monoisotopic (exact) mass is 230 g/mol. The number of hydrogen-bond acceptors (Lipinski definition) is 4. The van der Waals surface area contributed by atoms with Gasteiger partial charge in [-0.2, -0.15) is 5.26 Å². The highest BCUT2D eigenvalue weighted by atomic mass is 15.3. The Morgan fingerprint density at radius 3 is 2.65 bits per heavy atom. The number of hydrogen-bond donors (Lipinski definition) is 1. The van der Waals surface area contributed by atoms with Crippen LogP contribution in [0.1, 0.15) is 5.56 Å². The molecule has 0 saturated carbocycles. The molecule has 0 spiro atoms. The molecule has 1 heterocycles. The Labute approximate surface area is 102 Å². The van der Waals surface area contributed by atoms with Crippen LogP contribution in [0.2, 0.25) is 0 Å². The highest BCUT2D eigenvalue weighted by Gasteiger charge is 2.16. The number of nitriles is 1. The zero-order chi connectivity index (χ0) is 12.1. The predicted molar refractivity (Wildman–Crippen MR) is 68.9 cm³/mol. The Morgan fingerprint density at radius 2 is 2.00 bits per heavy atom. The van der Waals surface area contributed by atoms with E-state index in [0.29, 0.717) is 0 Å². The first-order valence-corrected chi connectivity index (χ1v) is 6.01. The SMILES string of the molecule is N#Cc1cccc(N2CCN(CCN)CC2)c1. The summed E-state index contributed by atoms with van der Waals surface area (Å²) >= 11 is 0. The molecule has 0 atom stereocenters. The minimum atomic E-state index is 0.726. The Hall–Kier alpha value is -1.57. The van der Waals surface area contributed by atoms with Crippen molar-refractivity contribution in [1.29, 1.82) is 5.26 Å². The van der Waals surface area contributed by atoms with Crippen LogP contribution in [0.4, 0.5) is 5.69 Å². The molecule has 0 aromatic heterocycles. The molecule has 2 rings (SSSR count). The molecule has 4 nitrogen and oxygen atoms in total. The van der Waals surface area contributed by atoms with Crippen LogP contribution < -0.4 is 10.6 Å². The second-order valence-electron chi connectivity index (χ2n) is 4.28. The van der Waals surface area contributed by atoms with E-state index in [1.165, 1.54) is 0 Å². The number of nitrogens with two attached hydrogens (primary N) is 1. The lowest BCUT2D eigenvalue weighted by Crippen LogP contribution is -2.47. The molecular weight excluding hydrogens is 212 g/mol. The second kappa shape index (κ2) is 5.67. The zero-order valence-electron chi connectivity index (χ0n) is 9.97. The van der Waals surface area contributed by atoms with Crippen LogP contribution in [0, 0.1) is 11.3 Å². The molecule has 0 aliphatic carbocycles. The lowest BCUT2D eigenvalue weighted by atomic mass is 10.2. The van der Waals surface area contributed by atoms with E-state index < -0.39 is 0 Å². The molecular formula is C13H18N4. The van der Waals surface area contributed by atoms with Gasteiger partial charge in [-0.3, -0.25) is 4.90 Å². The summed E-state index contributed by atoms with van der Waals surface area (Å²) in [5, 5.41) is 8.88. The van der Waals surface area contributed by atoms with Crippen molar-refractivity contribution in [3.63, 3.8) is 0 Å². The van der Waals surface area contributed by atoms with Crippen molar-refractivity contribution in [2.24, 2.45) is 5.73 Å². The van der Waals surface area contributed by atoms with E-state index in [-0.39, 0.29) is 0 Å². The molecule has 1 aromatic carbocycles. The van der Waals surface area contributed by atoms with Gasteiger partial charge in [0.2, 0.25) is 0 Å². The number of benzene rings is 1. The smallest absolute Gasteiger partial charge is 0.0992 e. The Morgan fingerprint density at radius 1 is 1.24 bits per heavy atom. The first-order chi connectivity index (χ1) is 8.33. The van der Waals surface area contributed by atoms with E-state index in [4.69, 9.17) is 11.0 Å². The quantitative estimate of drug-likeness (QED) is 0.828. The minimum absolute atomic E-state index is 0.726. The van der Waals surface area contributed by atoms with Gasteiger partial charge in [0.1, 0.15) is 0 Å². The molecule has 1 aliphatic rings. The van der Waals surface area contributed by atoms with Crippen LogP contribution in [0.5, 0.6) is 0 Å². The summed E-state index contributed by atoms with van der Waals surface area (Å²) in [5.74, 6) is 0. The largest absolute Gasteiger partial charge is 0.369 e. The molecule has 2 N–H and O–H groups in total. The Kier molecular flexibility index (Phi) is 3.97. The van der Waals surface area contributed by atoms with E-state index in [2.05, 4.69) is 21.9 Å². The fourth-order valence-electron chi connectivity index (χ4n) is 2.18. The third kappa shape index (κ3) is 2.96. The van der Waals surface area contributed by atoms with Gasteiger partial charge in [-0.1, -0.05) is 6.07 Å². The van der Waals surface area contributed by atoms with E-state index in [0.717, 1.165) is 50.5 Å². The first-order valence-electron chi connectivity index (χ1n) is 6.01. The highest BCUT2D eigenvalue weighted by Crippen LogP contribution is 2.17. The first kappa shape index (κ1) is 11.9. The molecule has 0 bridgehead atoms.